The summed E-state index contributed by atoms with van der Waals surface area (Å²) in [5.41, 5.74) is 9.64. The van der Waals surface area contributed by atoms with Gasteiger partial charge in [0.05, 0.1) is 11.3 Å². The lowest BCUT2D eigenvalue weighted by atomic mass is 10.1. The third-order valence-corrected chi connectivity index (χ3v) is 3.92. The number of anilines is 1. The van der Waals surface area contributed by atoms with Crippen molar-refractivity contribution in [2.24, 2.45) is 0 Å². The molecule has 2 aromatic heterocycles. The second-order valence-electron chi connectivity index (χ2n) is 4.48. The van der Waals surface area contributed by atoms with Gasteiger partial charge in [-0.1, -0.05) is 36.3 Å². The van der Waals surface area contributed by atoms with Gasteiger partial charge < -0.3 is 10.3 Å². The fourth-order valence-electron chi connectivity index (χ4n) is 1.98. The van der Waals surface area contributed by atoms with E-state index >= 15 is 0 Å². The van der Waals surface area contributed by atoms with Crippen LogP contribution >= 0.6 is 11.5 Å². The summed E-state index contributed by atoms with van der Waals surface area (Å²) in [7, 11) is 0. The first-order valence-electron chi connectivity index (χ1n) is 6.34. The number of benzene rings is 1. The van der Waals surface area contributed by atoms with Gasteiger partial charge in [-0.3, -0.25) is 0 Å². The van der Waals surface area contributed by atoms with E-state index in [9.17, 15) is 0 Å². The number of nitrogens with zero attached hydrogens (tertiary/aromatic N) is 3. The van der Waals surface area contributed by atoms with E-state index in [1.807, 2.05) is 19.1 Å². The van der Waals surface area contributed by atoms with Crippen molar-refractivity contribution in [3.63, 3.8) is 0 Å². The molecule has 5 nitrogen and oxygen atoms in total. The highest BCUT2D eigenvalue weighted by atomic mass is 32.1. The second kappa shape index (κ2) is 5.05. The van der Waals surface area contributed by atoms with Gasteiger partial charge in [0.2, 0.25) is 5.82 Å². The fourth-order valence-corrected chi connectivity index (χ4v) is 2.63. The van der Waals surface area contributed by atoms with Crippen molar-refractivity contribution in [2.75, 3.05) is 5.73 Å². The average Bonchev–Trinajstić information content (AvgIpc) is 3.06. The van der Waals surface area contributed by atoms with Crippen LogP contribution in [0.3, 0.4) is 0 Å². The zero-order chi connectivity index (χ0) is 14.1. The van der Waals surface area contributed by atoms with Crippen LogP contribution in [0.5, 0.6) is 0 Å². The lowest BCUT2D eigenvalue weighted by Gasteiger charge is -1.97. The second-order valence-corrected chi connectivity index (χ2v) is 5.29. The van der Waals surface area contributed by atoms with Crippen molar-refractivity contribution in [3.8, 4) is 22.8 Å². The molecule has 0 spiro atoms. The summed E-state index contributed by atoms with van der Waals surface area (Å²) in [5, 5.41) is 4.61. The molecule has 20 heavy (non-hydrogen) atoms. The lowest BCUT2D eigenvalue weighted by Crippen LogP contribution is -1.87. The minimum absolute atomic E-state index is 0.420. The van der Waals surface area contributed by atoms with E-state index < -0.39 is 0 Å². The van der Waals surface area contributed by atoms with Crippen LogP contribution in [0.4, 0.5) is 5.00 Å². The monoisotopic (exact) mass is 286 g/mol. The Kier molecular flexibility index (Phi) is 3.23. The molecule has 0 unspecified atom stereocenters. The Morgan fingerprint density at radius 2 is 2.00 bits per heavy atom. The Bertz CT molecular complexity index is 710. The van der Waals surface area contributed by atoms with Crippen LogP contribution in [0.1, 0.15) is 18.2 Å². The lowest BCUT2D eigenvalue weighted by molar-refractivity contribution is 0.432. The van der Waals surface area contributed by atoms with E-state index in [0.717, 1.165) is 23.2 Å². The molecular formula is C14H14N4OS. The van der Waals surface area contributed by atoms with Crippen molar-refractivity contribution < 1.29 is 4.52 Å². The quantitative estimate of drug-likeness (QED) is 0.799. The van der Waals surface area contributed by atoms with Crippen molar-refractivity contribution >= 4 is 16.5 Å². The minimum atomic E-state index is 0.420. The molecule has 0 aliphatic carbocycles. The van der Waals surface area contributed by atoms with Gasteiger partial charge in [-0.05, 0) is 30.4 Å². The van der Waals surface area contributed by atoms with E-state index in [1.165, 1.54) is 17.1 Å². The Balaban J connectivity index is 1.97. The molecule has 1 aromatic carbocycles. The molecular weight excluding hydrogens is 272 g/mol. The normalized spacial score (nSPS) is 10.9. The summed E-state index contributed by atoms with van der Waals surface area (Å²) < 4.78 is 9.49. The number of hydrogen-bond acceptors (Lipinski definition) is 6. The molecule has 0 aliphatic heterocycles. The highest BCUT2D eigenvalue weighted by Crippen LogP contribution is 2.32. The summed E-state index contributed by atoms with van der Waals surface area (Å²) >= 11 is 1.24. The third kappa shape index (κ3) is 2.18. The van der Waals surface area contributed by atoms with E-state index in [2.05, 4.69) is 33.6 Å². The number of hydrogen-bond donors (Lipinski definition) is 1. The van der Waals surface area contributed by atoms with Crippen LogP contribution in [-0.2, 0) is 6.42 Å². The number of aromatic nitrogens is 3. The summed E-state index contributed by atoms with van der Waals surface area (Å²) in [6.07, 6.45) is 1.01. The molecule has 2 N–H and O–H groups in total. The molecule has 0 aliphatic rings. The fraction of sp³-hybridized carbons (Fsp3) is 0.214. The van der Waals surface area contributed by atoms with Gasteiger partial charge in [0.15, 0.2) is 0 Å². The molecule has 0 saturated heterocycles. The summed E-state index contributed by atoms with van der Waals surface area (Å²) in [4.78, 5) is 4.41. The van der Waals surface area contributed by atoms with Crippen molar-refractivity contribution in [1.29, 1.82) is 0 Å². The molecule has 0 atom stereocenters. The van der Waals surface area contributed by atoms with Crippen molar-refractivity contribution in [1.82, 2.24) is 14.5 Å². The molecule has 0 amide bonds. The van der Waals surface area contributed by atoms with Crippen LogP contribution in [0.2, 0.25) is 0 Å². The van der Waals surface area contributed by atoms with Crippen LogP contribution in [0, 0.1) is 6.92 Å². The Labute approximate surface area is 120 Å². The number of nitrogen functional groups attached to an aromatic ring is 1. The largest absolute Gasteiger partial charge is 0.389 e. The first kappa shape index (κ1) is 12.8. The summed E-state index contributed by atoms with van der Waals surface area (Å²) in [6.45, 7) is 4.00. The number of rotatable bonds is 3. The smallest absolute Gasteiger partial charge is 0.263 e. The zero-order valence-corrected chi connectivity index (χ0v) is 12.1. The Hall–Kier alpha value is -2.21. The molecule has 0 bridgehead atoms. The molecule has 102 valence electrons. The minimum Gasteiger partial charge on any atom is -0.389 e. The zero-order valence-electron chi connectivity index (χ0n) is 11.3. The standard InChI is InChI=1S/C14H14N4OS/c1-3-9-4-6-10(7-5-9)13-16-14(19-17-13)11-8(2)18-20-12(11)15/h4-7H,3,15H2,1-2H3. The maximum atomic E-state index is 5.89. The van der Waals surface area contributed by atoms with E-state index in [0.29, 0.717) is 16.7 Å². The van der Waals surface area contributed by atoms with Crippen molar-refractivity contribution in [3.05, 3.63) is 35.5 Å². The first-order chi connectivity index (χ1) is 9.69. The van der Waals surface area contributed by atoms with Crippen LogP contribution in [0.15, 0.2) is 28.8 Å². The van der Waals surface area contributed by atoms with Crippen LogP contribution in [0.25, 0.3) is 22.8 Å². The number of nitrogens with two attached hydrogens (primary N) is 1. The molecule has 3 rings (SSSR count). The predicted molar refractivity (Wildman–Crippen MR) is 79.4 cm³/mol. The summed E-state index contributed by atoms with van der Waals surface area (Å²) in [5.74, 6) is 0.982. The van der Waals surface area contributed by atoms with E-state index in [-0.39, 0.29) is 0 Å². The maximum absolute atomic E-state index is 5.89. The first-order valence-corrected chi connectivity index (χ1v) is 7.11. The van der Waals surface area contributed by atoms with Crippen LogP contribution < -0.4 is 5.73 Å². The van der Waals surface area contributed by atoms with Gasteiger partial charge in [-0.2, -0.15) is 9.36 Å². The third-order valence-electron chi connectivity index (χ3n) is 3.15. The molecule has 0 saturated carbocycles. The molecule has 0 radical (unpaired) electrons. The van der Waals surface area contributed by atoms with Gasteiger partial charge in [-0.15, -0.1) is 0 Å². The van der Waals surface area contributed by atoms with Gasteiger partial charge >= 0.3 is 0 Å². The van der Waals surface area contributed by atoms with Gasteiger partial charge in [0.25, 0.3) is 5.89 Å². The predicted octanol–water partition coefficient (Wildman–Crippen LogP) is 3.31. The molecule has 2 heterocycles. The number of aryl methyl sites for hydroxylation is 2. The highest BCUT2D eigenvalue weighted by molar-refractivity contribution is 7.10. The van der Waals surface area contributed by atoms with Crippen LogP contribution in [-0.4, -0.2) is 14.5 Å². The van der Waals surface area contributed by atoms with E-state index in [4.69, 9.17) is 10.3 Å². The maximum Gasteiger partial charge on any atom is 0.263 e. The average molecular weight is 286 g/mol. The molecule has 0 fully saturated rings. The Morgan fingerprint density at radius 1 is 1.25 bits per heavy atom. The Morgan fingerprint density at radius 3 is 2.60 bits per heavy atom. The SMILES string of the molecule is CCc1ccc(-c2noc(-c3c(C)nsc3N)n2)cc1. The molecule has 3 aromatic rings. The van der Waals surface area contributed by atoms with E-state index in [1.54, 1.807) is 0 Å². The summed E-state index contributed by atoms with van der Waals surface area (Å²) in [6, 6.07) is 8.12. The highest BCUT2D eigenvalue weighted by Gasteiger charge is 2.17. The van der Waals surface area contributed by atoms with Gasteiger partial charge in [0.1, 0.15) is 5.00 Å². The van der Waals surface area contributed by atoms with Crippen molar-refractivity contribution in [2.45, 2.75) is 20.3 Å². The topological polar surface area (TPSA) is 77.8 Å². The molecule has 6 heteroatoms. The van der Waals surface area contributed by atoms with Gasteiger partial charge in [-0.25, -0.2) is 0 Å². The van der Waals surface area contributed by atoms with Gasteiger partial charge in [0, 0.05) is 5.56 Å².